The number of methoxy groups -OCH3 is 1. The Balaban J connectivity index is 1.90. The van der Waals surface area contributed by atoms with E-state index >= 15 is 0 Å². The van der Waals surface area contributed by atoms with Crippen LogP contribution in [-0.2, 0) is 11.3 Å². The number of nitrogens with zero attached hydrogens (tertiary/aromatic N) is 2. The number of carbonyl (C=O) groups excluding carboxylic acids is 2. The molecule has 0 aromatic heterocycles. The van der Waals surface area contributed by atoms with Gasteiger partial charge in [0.2, 0.25) is 0 Å². The average molecular weight is 497 g/mol. The molecular weight excluding hydrogens is 456 g/mol. The van der Waals surface area contributed by atoms with Crippen LogP contribution in [0.15, 0.2) is 48.5 Å². The predicted octanol–water partition coefficient (Wildman–Crippen LogP) is 4.22. The van der Waals surface area contributed by atoms with Crippen molar-refractivity contribution in [3.05, 3.63) is 59.7 Å². The minimum Gasteiger partial charge on any atom is -0.491 e. The number of carbonyl (C=O) groups is 2. The number of hydrogen-bond acceptors (Lipinski definition) is 5. The summed E-state index contributed by atoms with van der Waals surface area (Å²) < 4.78 is 12.1. The first-order valence-corrected chi connectivity index (χ1v) is 12.7. The molecule has 0 fully saturated rings. The van der Waals surface area contributed by atoms with Crippen LogP contribution in [0.4, 0.5) is 10.5 Å². The van der Waals surface area contributed by atoms with E-state index in [0.717, 1.165) is 19.5 Å². The molecule has 2 N–H and O–H groups in total. The molecule has 8 heteroatoms. The minimum atomic E-state index is -0.285. The van der Waals surface area contributed by atoms with Crippen LogP contribution in [0.3, 0.4) is 0 Å². The molecule has 196 valence electrons. The molecule has 0 bridgehead atoms. The molecule has 0 radical (unpaired) electrons. The molecule has 1 heterocycles. The number of hydrogen-bond donors (Lipinski definition) is 2. The van der Waals surface area contributed by atoms with Gasteiger partial charge in [-0.3, -0.25) is 9.69 Å². The average Bonchev–Trinajstić information content (AvgIpc) is 2.88. The van der Waals surface area contributed by atoms with Gasteiger partial charge in [0.15, 0.2) is 0 Å². The van der Waals surface area contributed by atoms with Crippen LogP contribution in [0.1, 0.15) is 43.1 Å². The number of ether oxygens (including phenoxy) is 2. The van der Waals surface area contributed by atoms with Gasteiger partial charge >= 0.3 is 6.03 Å². The van der Waals surface area contributed by atoms with Gasteiger partial charge in [0, 0.05) is 58.1 Å². The van der Waals surface area contributed by atoms with Crippen molar-refractivity contribution in [2.24, 2.45) is 5.92 Å². The molecule has 2 aromatic carbocycles. The molecular formula is C28H40N4O4. The molecule has 0 saturated heterocycles. The first kappa shape index (κ1) is 27.5. The van der Waals surface area contributed by atoms with Gasteiger partial charge < -0.3 is 25.0 Å². The van der Waals surface area contributed by atoms with Crippen LogP contribution >= 0.6 is 0 Å². The van der Waals surface area contributed by atoms with Gasteiger partial charge in [-0.05, 0) is 37.0 Å². The molecule has 0 saturated carbocycles. The molecule has 0 aliphatic carbocycles. The van der Waals surface area contributed by atoms with Crippen molar-refractivity contribution in [2.45, 2.75) is 45.9 Å². The number of fused-ring (bicyclic) bond motifs is 1. The van der Waals surface area contributed by atoms with Crippen LogP contribution in [0.2, 0.25) is 0 Å². The molecule has 0 spiro atoms. The van der Waals surface area contributed by atoms with E-state index < -0.39 is 0 Å². The summed E-state index contributed by atoms with van der Waals surface area (Å²) in [5, 5.41) is 5.63. The highest BCUT2D eigenvalue weighted by Gasteiger charge is 2.28. The quantitative estimate of drug-likeness (QED) is 0.626. The lowest BCUT2D eigenvalue weighted by Gasteiger charge is -2.36. The van der Waals surface area contributed by atoms with Crippen LogP contribution in [0.5, 0.6) is 5.75 Å². The van der Waals surface area contributed by atoms with Gasteiger partial charge in [0.25, 0.3) is 5.91 Å². The third kappa shape index (κ3) is 7.45. The highest BCUT2D eigenvalue weighted by Crippen LogP contribution is 2.27. The zero-order valence-electron chi connectivity index (χ0n) is 22.1. The van der Waals surface area contributed by atoms with Crippen molar-refractivity contribution in [1.29, 1.82) is 0 Å². The van der Waals surface area contributed by atoms with Gasteiger partial charge in [-0.15, -0.1) is 0 Å². The fourth-order valence-electron chi connectivity index (χ4n) is 4.38. The van der Waals surface area contributed by atoms with E-state index in [1.807, 2.05) is 13.0 Å². The fourth-order valence-corrected chi connectivity index (χ4v) is 4.38. The zero-order valence-corrected chi connectivity index (χ0v) is 22.1. The first-order valence-electron chi connectivity index (χ1n) is 12.7. The number of nitrogens with one attached hydrogen (secondary N) is 2. The van der Waals surface area contributed by atoms with Crippen molar-refractivity contribution in [3.63, 3.8) is 0 Å². The molecule has 3 atom stereocenters. The van der Waals surface area contributed by atoms with Crippen LogP contribution in [0, 0.1) is 5.92 Å². The number of benzene rings is 2. The maximum absolute atomic E-state index is 13.4. The number of likely N-dealkylation sites (N-methyl/N-ethyl adjacent to an activating group) is 1. The largest absolute Gasteiger partial charge is 0.491 e. The molecule has 2 aromatic rings. The standard InChI is InChI=1S/C28H40N4O4/c1-6-14-29-28(34)30-23-12-13-24-25(15-23)36-19-21(3)32(17-22-10-8-7-9-11-22)16-20(2)26(35-5)18-31(4)27(24)33/h7-13,15,20-21,26H,6,14,16-19H2,1-5H3,(H2,29,30,34)/t20-,21-,26-/m1/s1. The van der Waals surface area contributed by atoms with Gasteiger partial charge in [-0.2, -0.15) is 0 Å². The van der Waals surface area contributed by atoms with Crippen molar-refractivity contribution in [1.82, 2.24) is 15.1 Å². The lowest BCUT2D eigenvalue weighted by molar-refractivity contribution is 0.00922. The second-order valence-electron chi connectivity index (χ2n) is 9.60. The minimum absolute atomic E-state index is 0.0785. The summed E-state index contributed by atoms with van der Waals surface area (Å²) in [6.45, 7) is 9.32. The summed E-state index contributed by atoms with van der Waals surface area (Å²) in [5.41, 5.74) is 2.26. The smallest absolute Gasteiger partial charge is 0.319 e. The Kier molecular flexibility index (Phi) is 10.1. The third-order valence-electron chi connectivity index (χ3n) is 6.60. The Labute approximate surface area is 214 Å². The van der Waals surface area contributed by atoms with Crippen LogP contribution < -0.4 is 15.4 Å². The lowest BCUT2D eigenvalue weighted by Crippen LogP contribution is -2.46. The van der Waals surface area contributed by atoms with E-state index in [9.17, 15) is 9.59 Å². The third-order valence-corrected chi connectivity index (χ3v) is 6.60. The predicted molar refractivity (Wildman–Crippen MR) is 142 cm³/mol. The Morgan fingerprint density at radius 3 is 2.58 bits per heavy atom. The van der Waals surface area contributed by atoms with Crippen molar-refractivity contribution >= 4 is 17.6 Å². The molecule has 1 aliphatic heterocycles. The summed E-state index contributed by atoms with van der Waals surface area (Å²) in [4.78, 5) is 29.6. The second kappa shape index (κ2) is 13.3. The lowest BCUT2D eigenvalue weighted by atomic mass is 10.0. The molecule has 36 heavy (non-hydrogen) atoms. The topological polar surface area (TPSA) is 83.1 Å². The fraction of sp³-hybridized carbons (Fsp3) is 0.500. The monoisotopic (exact) mass is 496 g/mol. The zero-order chi connectivity index (χ0) is 26.1. The number of amides is 3. The van der Waals surface area contributed by atoms with Gasteiger partial charge in [0.1, 0.15) is 12.4 Å². The molecule has 3 amide bonds. The normalized spacial score (nSPS) is 21.5. The highest BCUT2D eigenvalue weighted by atomic mass is 16.5. The van der Waals surface area contributed by atoms with Crippen molar-refractivity contribution in [2.75, 3.05) is 45.7 Å². The Morgan fingerprint density at radius 1 is 1.14 bits per heavy atom. The van der Waals surface area contributed by atoms with Crippen molar-refractivity contribution in [3.8, 4) is 5.75 Å². The molecule has 8 nitrogen and oxygen atoms in total. The van der Waals surface area contributed by atoms with Gasteiger partial charge in [-0.25, -0.2) is 4.79 Å². The number of anilines is 1. The summed E-state index contributed by atoms with van der Waals surface area (Å²) >= 11 is 0. The summed E-state index contributed by atoms with van der Waals surface area (Å²) in [6.07, 6.45) is 0.733. The van der Waals surface area contributed by atoms with E-state index in [1.165, 1.54) is 5.56 Å². The van der Waals surface area contributed by atoms with Gasteiger partial charge in [-0.1, -0.05) is 44.2 Å². The maximum atomic E-state index is 13.4. The Morgan fingerprint density at radius 2 is 1.89 bits per heavy atom. The Hall–Kier alpha value is -3.10. The molecule has 0 unspecified atom stereocenters. The number of urea groups is 1. The second-order valence-corrected chi connectivity index (χ2v) is 9.60. The van der Waals surface area contributed by atoms with E-state index in [-0.39, 0.29) is 30.0 Å². The van der Waals surface area contributed by atoms with Gasteiger partial charge in [0.05, 0.1) is 11.7 Å². The van der Waals surface area contributed by atoms with Crippen LogP contribution in [0.25, 0.3) is 0 Å². The van der Waals surface area contributed by atoms with E-state index in [1.54, 1.807) is 37.3 Å². The maximum Gasteiger partial charge on any atom is 0.319 e. The summed E-state index contributed by atoms with van der Waals surface area (Å²) in [5.74, 6) is 0.508. The van der Waals surface area contributed by atoms with E-state index in [2.05, 4.69) is 53.6 Å². The SMILES string of the molecule is CCCNC(=O)Nc1ccc2c(c1)OC[C@@H](C)N(Cc1ccccc1)C[C@@H](C)[C@H](OC)CN(C)C2=O. The van der Waals surface area contributed by atoms with Crippen LogP contribution in [-0.4, -0.2) is 74.3 Å². The number of rotatable bonds is 6. The van der Waals surface area contributed by atoms with E-state index in [4.69, 9.17) is 9.47 Å². The summed E-state index contributed by atoms with van der Waals surface area (Å²) in [7, 11) is 3.49. The molecule has 3 rings (SSSR count). The molecule has 1 aliphatic rings. The summed E-state index contributed by atoms with van der Waals surface area (Å²) in [6, 6.07) is 15.4. The Bertz CT molecular complexity index is 1000. The van der Waals surface area contributed by atoms with E-state index in [0.29, 0.717) is 36.7 Å². The highest BCUT2D eigenvalue weighted by molar-refractivity contribution is 5.98. The van der Waals surface area contributed by atoms with Crippen molar-refractivity contribution < 1.29 is 19.1 Å². The first-order chi connectivity index (χ1) is 17.3.